The third-order valence-electron chi connectivity index (χ3n) is 6.72. The second-order valence-corrected chi connectivity index (χ2v) is 8.74. The van der Waals surface area contributed by atoms with Gasteiger partial charge in [-0.15, -0.1) is 0 Å². The SMILES string of the molecule is CNc1cc(-c2cn([C@@H]3CCOC3)c3ncccc23)nc2c(C(=O)NC3CCC3(F)F)cnn12. The van der Waals surface area contributed by atoms with Crippen molar-refractivity contribution in [1.82, 2.24) is 29.5 Å². The highest BCUT2D eigenvalue weighted by Crippen LogP contribution is 2.38. The van der Waals surface area contributed by atoms with Crippen LogP contribution in [0, 0.1) is 0 Å². The fraction of sp³-hybridized carbons (Fsp3) is 0.391. The van der Waals surface area contributed by atoms with Gasteiger partial charge < -0.3 is 19.9 Å². The number of carbonyl (C=O) groups excluding carboxylic acids is 1. The average Bonchev–Trinajstić information content (AvgIpc) is 3.59. The van der Waals surface area contributed by atoms with E-state index in [-0.39, 0.29) is 30.1 Å². The number of amides is 1. The van der Waals surface area contributed by atoms with E-state index >= 15 is 0 Å². The second-order valence-electron chi connectivity index (χ2n) is 8.74. The molecule has 1 saturated carbocycles. The molecule has 4 aromatic rings. The smallest absolute Gasteiger partial charge is 0.267 e. The molecule has 34 heavy (non-hydrogen) atoms. The number of hydrogen-bond acceptors (Lipinski definition) is 6. The molecule has 0 spiro atoms. The highest BCUT2D eigenvalue weighted by atomic mass is 19.3. The summed E-state index contributed by atoms with van der Waals surface area (Å²) in [5.74, 6) is -2.88. The number of carbonyl (C=O) groups is 1. The number of ether oxygens (including phenoxy) is 1. The number of hydrogen-bond donors (Lipinski definition) is 2. The summed E-state index contributed by atoms with van der Waals surface area (Å²) < 4.78 is 36.6. The Morgan fingerprint density at radius 1 is 1.29 bits per heavy atom. The molecule has 2 fully saturated rings. The number of pyridine rings is 1. The molecule has 1 unspecified atom stereocenters. The first kappa shape index (κ1) is 21.0. The molecule has 11 heteroatoms. The van der Waals surface area contributed by atoms with E-state index in [2.05, 4.69) is 25.3 Å². The molecule has 0 radical (unpaired) electrons. The number of rotatable bonds is 5. The van der Waals surface area contributed by atoms with Crippen LogP contribution in [0.2, 0.25) is 0 Å². The molecule has 1 amide bonds. The number of aromatic nitrogens is 5. The van der Waals surface area contributed by atoms with E-state index in [9.17, 15) is 13.6 Å². The van der Waals surface area contributed by atoms with Gasteiger partial charge in [0.15, 0.2) is 5.65 Å². The minimum atomic E-state index is -2.88. The molecule has 9 nitrogen and oxygen atoms in total. The van der Waals surface area contributed by atoms with E-state index in [4.69, 9.17) is 9.72 Å². The number of nitrogens with one attached hydrogen (secondary N) is 2. The Bertz CT molecular complexity index is 1410. The number of fused-ring (bicyclic) bond motifs is 2. The summed E-state index contributed by atoms with van der Waals surface area (Å²) in [6.45, 7) is 1.32. The summed E-state index contributed by atoms with van der Waals surface area (Å²) in [5.41, 5.74) is 2.74. The van der Waals surface area contributed by atoms with Crippen LogP contribution in [0.4, 0.5) is 14.6 Å². The molecule has 2 N–H and O–H groups in total. The minimum Gasteiger partial charge on any atom is -0.379 e. The molecule has 6 rings (SSSR count). The quantitative estimate of drug-likeness (QED) is 0.468. The van der Waals surface area contributed by atoms with Gasteiger partial charge in [0.05, 0.1) is 30.6 Å². The first-order chi connectivity index (χ1) is 16.5. The van der Waals surface area contributed by atoms with Crippen molar-refractivity contribution in [3.8, 4) is 11.3 Å². The van der Waals surface area contributed by atoms with Crippen LogP contribution in [-0.4, -0.2) is 62.3 Å². The molecule has 4 aromatic heterocycles. The number of anilines is 1. The summed E-state index contributed by atoms with van der Waals surface area (Å²) >= 11 is 0. The molecule has 1 aliphatic heterocycles. The monoisotopic (exact) mass is 467 g/mol. The van der Waals surface area contributed by atoms with Crippen molar-refractivity contribution in [2.75, 3.05) is 25.6 Å². The van der Waals surface area contributed by atoms with Crippen molar-refractivity contribution < 1.29 is 18.3 Å². The van der Waals surface area contributed by atoms with Gasteiger partial charge >= 0.3 is 0 Å². The molecule has 2 aliphatic rings. The van der Waals surface area contributed by atoms with Crippen LogP contribution in [0.15, 0.2) is 36.8 Å². The largest absolute Gasteiger partial charge is 0.379 e. The summed E-state index contributed by atoms with van der Waals surface area (Å²) in [7, 11) is 1.75. The first-order valence-electron chi connectivity index (χ1n) is 11.2. The average molecular weight is 467 g/mol. The lowest BCUT2D eigenvalue weighted by Gasteiger charge is -2.36. The van der Waals surface area contributed by atoms with Gasteiger partial charge in [0.2, 0.25) is 0 Å². The summed E-state index contributed by atoms with van der Waals surface area (Å²) in [6.07, 6.45) is 6.05. The maximum Gasteiger partial charge on any atom is 0.267 e. The molecule has 1 saturated heterocycles. The maximum absolute atomic E-state index is 13.7. The molecule has 2 atom stereocenters. The number of halogens is 2. The Morgan fingerprint density at radius 2 is 2.18 bits per heavy atom. The molecule has 0 bridgehead atoms. The molecular weight excluding hydrogens is 444 g/mol. The van der Waals surface area contributed by atoms with Crippen molar-refractivity contribution in [1.29, 1.82) is 0 Å². The van der Waals surface area contributed by atoms with Crippen molar-refractivity contribution in [2.24, 2.45) is 0 Å². The van der Waals surface area contributed by atoms with Gasteiger partial charge in [-0.3, -0.25) is 4.79 Å². The van der Waals surface area contributed by atoms with Gasteiger partial charge in [-0.05, 0) is 25.0 Å². The van der Waals surface area contributed by atoms with Crippen molar-refractivity contribution in [3.63, 3.8) is 0 Å². The van der Waals surface area contributed by atoms with E-state index < -0.39 is 17.9 Å². The molecule has 1 aliphatic carbocycles. The zero-order valence-electron chi connectivity index (χ0n) is 18.5. The lowest BCUT2D eigenvalue weighted by Crippen LogP contribution is -2.55. The first-order valence-corrected chi connectivity index (χ1v) is 11.2. The lowest BCUT2D eigenvalue weighted by atomic mass is 9.88. The van der Waals surface area contributed by atoms with Crippen LogP contribution in [0.3, 0.4) is 0 Å². The molecule has 0 aromatic carbocycles. The van der Waals surface area contributed by atoms with Crippen LogP contribution in [0.5, 0.6) is 0 Å². The van der Waals surface area contributed by atoms with Crippen LogP contribution >= 0.6 is 0 Å². The molecular formula is C23H23F2N7O2. The van der Waals surface area contributed by atoms with Crippen LogP contribution in [0.25, 0.3) is 27.9 Å². The second kappa shape index (κ2) is 7.73. The highest BCUT2D eigenvalue weighted by Gasteiger charge is 2.49. The van der Waals surface area contributed by atoms with Crippen LogP contribution in [-0.2, 0) is 4.74 Å². The van der Waals surface area contributed by atoms with Crippen molar-refractivity contribution in [2.45, 2.75) is 37.3 Å². The van der Waals surface area contributed by atoms with E-state index in [0.717, 1.165) is 23.0 Å². The van der Waals surface area contributed by atoms with Gasteiger partial charge in [-0.25, -0.2) is 18.7 Å². The minimum absolute atomic E-state index is 0.145. The van der Waals surface area contributed by atoms with Crippen LogP contribution < -0.4 is 10.6 Å². The fourth-order valence-corrected chi connectivity index (χ4v) is 4.67. The van der Waals surface area contributed by atoms with E-state index in [1.54, 1.807) is 13.2 Å². The van der Waals surface area contributed by atoms with Crippen LogP contribution in [0.1, 0.15) is 35.7 Å². The van der Waals surface area contributed by atoms with Crippen molar-refractivity contribution in [3.05, 3.63) is 42.4 Å². The molecule has 5 heterocycles. The van der Waals surface area contributed by atoms with Gasteiger partial charge in [0.1, 0.15) is 17.0 Å². The predicted molar refractivity (Wildman–Crippen MR) is 121 cm³/mol. The standard InChI is InChI=1S/C23H23F2N7O2/c1-26-19-9-17(16-11-31(13-5-8-34-12-13)20-14(16)3-2-7-27-20)29-21-15(10-28-32(19)21)22(33)30-18-4-6-23(18,24)25/h2-3,7,9-11,13,18,26H,4-6,8,12H2,1H3,(H,30,33)/t13-,18?/m1/s1. The number of nitrogens with zero attached hydrogens (tertiary/aromatic N) is 5. The predicted octanol–water partition coefficient (Wildman–Crippen LogP) is 3.28. The zero-order valence-corrected chi connectivity index (χ0v) is 18.5. The topological polar surface area (TPSA) is 98.4 Å². The van der Waals surface area contributed by atoms with E-state index in [1.807, 2.05) is 24.4 Å². The number of alkyl halides is 2. The summed E-state index contributed by atoms with van der Waals surface area (Å²) in [5, 5.41) is 10.7. The van der Waals surface area contributed by atoms with Gasteiger partial charge in [0.25, 0.3) is 11.8 Å². The Balaban J connectivity index is 1.46. The Kier molecular flexibility index (Phi) is 4.76. The third kappa shape index (κ3) is 3.22. The maximum atomic E-state index is 13.7. The summed E-state index contributed by atoms with van der Waals surface area (Å²) in [6, 6.07) is 4.71. The summed E-state index contributed by atoms with van der Waals surface area (Å²) in [4.78, 5) is 22.2. The highest BCUT2D eigenvalue weighted by molar-refractivity contribution is 6.01. The van der Waals surface area contributed by atoms with Crippen molar-refractivity contribution >= 4 is 28.4 Å². The van der Waals surface area contributed by atoms with Gasteiger partial charge in [-0.2, -0.15) is 9.61 Å². The normalized spacial score (nSPS) is 21.6. The van der Waals surface area contributed by atoms with Gasteiger partial charge in [0, 0.05) is 49.5 Å². The Hall–Kier alpha value is -3.60. The Morgan fingerprint density at radius 3 is 2.88 bits per heavy atom. The van der Waals surface area contributed by atoms with E-state index in [0.29, 0.717) is 24.7 Å². The van der Waals surface area contributed by atoms with Gasteiger partial charge in [-0.1, -0.05) is 0 Å². The Labute approximate surface area is 193 Å². The van der Waals surface area contributed by atoms with E-state index in [1.165, 1.54) is 10.7 Å². The zero-order chi connectivity index (χ0) is 23.4. The third-order valence-corrected chi connectivity index (χ3v) is 6.72. The molecule has 176 valence electrons. The lowest BCUT2D eigenvalue weighted by molar-refractivity contribution is -0.102. The fourth-order valence-electron chi connectivity index (χ4n) is 4.67.